The fraction of sp³-hybridized carbons (Fsp3) is 0.400. The highest BCUT2D eigenvalue weighted by atomic mass is 79.9. The van der Waals surface area contributed by atoms with Crippen LogP contribution in [0.2, 0.25) is 0 Å². The molecule has 1 fully saturated rings. The van der Waals surface area contributed by atoms with Crippen molar-refractivity contribution < 1.29 is 18.7 Å². The molecule has 0 radical (unpaired) electrons. The number of nitrogens with zero attached hydrogens (tertiary/aromatic N) is 3. The number of carbonyl (C=O) groups excluding carboxylic acids is 2. The summed E-state index contributed by atoms with van der Waals surface area (Å²) in [6, 6.07) is 8.21. The highest BCUT2D eigenvalue weighted by molar-refractivity contribution is 9.10. The van der Waals surface area contributed by atoms with E-state index < -0.39 is 5.82 Å². The molecular weight excluding hydrogens is 503 g/mol. The molecular formula is C25H28BrFN4O3. The van der Waals surface area contributed by atoms with Crippen molar-refractivity contribution >= 4 is 38.6 Å². The maximum atomic E-state index is 14.2. The third-order valence-corrected chi connectivity index (χ3v) is 7.01. The lowest BCUT2D eigenvalue weighted by molar-refractivity contribution is 0.0565. The van der Waals surface area contributed by atoms with E-state index in [-0.39, 0.29) is 23.3 Å². The first-order chi connectivity index (χ1) is 16.4. The zero-order valence-electron chi connectivity index (χ0n) is 19.3. The zero-order chi connectivity index (χ0) is 24.2. The molecule has 1 aromatic heterocycles. The Bertz CT molecular complexity index is 1190. The molecule has 3 aromatic rings. The number of piperidine rings is 1. The number of hydrogen-bond donors (Lipinski definition) is 1. The van der Waals surface area contributed by atoms with Gasteiger partial charge in [-0.1, -0.05) is 15.9 Å². The van der Waals surface area contributed by atoms with Crippen LogP contribution in [0.1, 0.15) is 39.1 Å². The average molecular weight is 531 g/mol. The van der Waals surface area contributed by atoms with E-state index in [1.54, 1.807) is 24.3 Å². The van der Waals surface area contributed by atoms with Crippen molar-refractivity contribution in [2.24, 2.45) is 5.92 Å². The molecule has 0 atom stereocenters. The Morgan fingerprint density at radius 2 is 1.97 bits per heavy atom. The maximum absolute atomic E-state index is 14.2. The quantitative estimate of drug-likeness (QED) is 0.490. The number of fused-ring (bicyclic) bond motifs is 1. The fourth-order valence-corrected chi connectivity index (χ4v) is 4.83. The van der Waals surface area contributed by atoms with Crippen LogP contribution in [0.3, 0.4) is 0 Å². The number of rotatable bonds is 7. The Morgan fingerprint density at radius 1 is 1.24 bits per heavy atom. The molecule has 0 saturated carbocycles. The summed E-state index contributed by atoms with van der Waals surface area (Å²) in [5.74, 6) is -0.603. The number of aryl methyl sites for hydroxylation is 1. The lowest BCUT2D eigenvalue weighted by Gasteiger charge is -2.35. The lowest BCUT2D eigenvalue weighted by Crippen LogP contribution is -2.44. The minimum Gasteiger partial charge on any atom is -0.383 e. The predicted molar refractivity (Wildman–Crippen MR) is 131 cm³/mol. The number of aromatic amines is 1. The molecule has 4 rings (SSSR count). The third kappa shape index (κ3) is 5.15. The molecule has 1 aliphatic heterocycles. The van der Waals surface area contributed by atoms with Gasteiger partial charge in [0.2, 0.25) is 0 Å². The van der Waals surface area contributed by atoms with Crippen molar-refractivity contribution in [3.63, 3.8) is 0 Å². The van der Waals surface area contributed by atoms with Crippen molar-refractivity contribution in [2.45, 2.75) is 19.8 Å². The van der Waals surface area contributed by atoms with Crippen LogP contribution in [-0.4, -0.2) is 71.7 Å². The van der Waals surface area contributed by atoms with Gasteiger partial charge in [-0.2, -0.15) is 5.10 Å². The number of nitrogens with one attached hydrogen (secondary N) is 1. The van der Waals surface area contributed by atoms with Gasteiger partial charge in [-0.05, 0) is 61.6 Å². The van der Waals surface area contributed by atoms with E-state index in [1.165, 1.54) is 12.1 Å². The number of likely N-dealkylation sites (tertiary alicyclic amines) is 1. The summed E-state index contributed by atoms with van der Waals surface area (Å²) >= 11 is 3.22. The molecule has 180 valence electrons. The minimum absolute atomic E-state index is 0.0342. The Hall–Kier alpha value is -2.78. The topological polar surface area (TPSA) is 78.5 Å². The lowest BCUT2D eigenvalue weighted by atomic mass is 9.95. The number of benzene rings is 2. The van der Waals surface area contributed by atoms with E-state index in [2.05, 4.69) is 26.1 Å². The molecule has 0 bridgehead atoms. The van der Waals surface area contributed by atoms with E-state index in [0.29, 0.717) is 42.8 Å². The molecule has 2 heterocycles. The van der Waals surface area contributed by atoms with Gasteiger partial charge in [0.1, 0.15) is 5.82 Å². The van der Waals surface area contributed by atoms with Crippen LogP contribution in [0.4, 0.5) is 4.39 Å². The summed E-state index contributed by atoms with van der Waals surface area (Å²) in [4.78, 5) is 29.8. The number of carbonyl (C=O) groups is 2. The molecule has 34 heavy (non-hydrogen) atoms. The largest absolute Gasteiger partial charge is 0.383 e. The second-order valence-corrected chi connectivity index (χ2v) is 9.59. The van der Waals surface area contributed by atoms with Gasteiger partial charge in [0.15, 0.2) is 0 Å². The summed E-state index contributed by atoms with van der Waals surface area (Å²) < 4.78 is 20.1. The summed E-state index contributed by atoms with van der Waals surface area (Å²) in [6.45, 7) is 4.52. The standard InChI is InChI=1S/C25H28BrFN4O3/c1-16-19(5-6-23-21(16)14-28-29-23)24(32)31(11-12-34-2)15-17-7-9-30(10-8-17)25(33)20-4-3-18(26)13-22(20)27/h3-6,13-14,17H,7-12,15H2,1-2H3,(H,28,29). The number of methoxy groups -OCH3 is 1. The Labute approximate surface area is 206 Å². The molecule has 7 nitrogen and oxygen atoms in total. The van der Waals surface area contributed by atoms with Crippen molar-refractivity contribution in [3.8, 4) is 0 Å². The normalized spacial score (nSPS) is 14.5. The molecule has 1 N–H and O–H groups in total. The summed E-state index contributed by atoms with van der Waals surface area (Å²) in [5, 5.41) is 7.94. The Morgan fingerprint density at radius 3 is 2.68 bits per heavy atom. The van der Waals surface area contributed by atoms with Gasteiger partial charge in [0.05, 0.1) is 23.9 Å². The van der Waals surface area contributed by atoms with Crippen LogP contribution in [0.5, 0.6) is 0 Å². The number of ether oxygens (including phenoxy) is 1. The SMILES string of the molecule is COCCN(CC1CCN(C(=O)c2ccc(Br)cc2F)CC1)C(=O)c1ccc2[nH]ncc2c1C. The van der Waals surface area contributed by atoms with Crippen molar-refractivity contribution in [2.75, 3.05) is 39.9 Å². The first kappa shape index (κ1) is 24.3. The van der Waals surface area contributed by atoms with Crippen LogP contribution < -0.4 is 0 Å². The van der Waals surface area contributed by atoms with Crippen molar-refractivity contribution in [1.82, 2.24) is 20.0 Å². The van der Waals surface area contributed by atoms with Crippen LogP contribution in [0.25, 0.3) is 10.9 Å². The van der Waals surface area contributed by atoms with Gasteiger partial charge >= 0.3 is 0 Å². The van der Waals surface area contributed by atoms with Gasteiger partial charge in [0.25, 0.3) is 11.8 Å². The summed E-state index contributed by atoms with van der Waals surface area (Å²) in [7, 11) is 1.62. The zero-order valence-corrected chi connectivity index (χ0v) is 20.9. The van der Waals surface area contributed by atoms with E-state index in [9.17, 15) is 14.0 Å². The van der Waals surface area contributed by atoms with Gasteiger partial charge in [-0.3, -0.25) is 14.7 Å². The molecule has 9 heteroatoms. The van der Waals surface area contributed by atoms with E-state index >= 15 is 0 Å². The van der Waals surface area contributed by atoms with Crippen LogP contribution in [0.15, 0.2) is 41.0 Å². The van der Waals surface area contributed by atoms with Gasteiger partial charge in [-0.25, -0.2) is 4.39 Å². The van der Waals surface area contributed by atoms with Crippen LogP contribution in [0, 0.1) is 18.7 Å². The van der Waals surface area contributed by atoms with Gasteiger partial charge in [0, 0.05) is 48.7 Å². The second-order valence-electron chi connectivity index (χ2n) is 8.67. The highest BCUT2D eigenvalue weighted by Gasteiger charge is 2.28. The maximum Gasteiger partial charge on any atom is 0.256 e. The first-order valence-corrected chi connectivity index (χ1v) is 12.1. The molecule has 2 aromatic carbocycles. The predicted octanol–water partition coefficient (Wildman–Crippen LogP) is 4.41. The molecule has 0 aliphatic carbocycles. The van der Waals surface area contributed by atoms with Crippen LogP contribution in [-0.2, 0) is 4.74 Å². The van der Waals surface area contributed by atoms with Gasteiger partial charge < -0.3 is 14.5 Å². The van der Waals surface area contributed by atoms with Crippen molar-refractivity contribution in [3.05, 3.63) is 63.5 Å². The number of H-pyrrole nitrogens is 1. The second kappa shape index (κ2) is 10.7. The van der Waals surface area contributed by atoms with E-state index in [0.717, 1.165) is 29.3 Å². The smallest absolute Gasteiger partial charge is 0.256 e. The molecule has 1 saturated heterocycles. The molecule has 2 amide bonds. The first-order valence-electron chi connectivity index (χ1n) is 11.3. The third-order valence-electron chi connectivity index (χ3n) is 6.52. The molecule has 0 spiro atoms. The summed E-state index contributed by atoms with van der Waals surface area (Å²) in [5.41, 5.74) is 2.54. The summed E-state index contributed by atoms with van der Waals surface area (Å²) in [6.07, 6.45) is 3.24. The number of aromatic nitrogens is 2. The number of amides is 2. The van der Waals surface area contributed by atoms with E-state index in [4.69, 9.17) is 4.74 Å². The Balaban J connectivity index is 1.42. The van der Waals surface area contributed by atoms with E-state index in [1.807, 2.05) is 24.0 Å². The number of halogens is 2. The fourth-order valence-electron chi connectivity index (χ4n) is 4.50. The van der Waals surface area contributed by atoms with Gasteiger partial charge in [-0.15, -0.1) is 0 Å². The van der Waals surface area contributed by atoms with Crippen LogP contribution >= 0.6 is 15.9 Å². The molecule has 0 unspecified atom stereocenters. The highest BCUT2D eigenvalue weighted by Crippen LogP contribution is 2.25. The Kier molecular flexibility index (Phi) is 7.63. The van der Waals surface area contributed by atoms with Crippen molar-refractivity contribution in [1.29, 1.82) is 0 Å². The molecule has 1 aliphatic rings. The number of hydrogen-bond acceptors (Lipinski definition) is 4. The average Bonchev–Trinajstić information content (AvgIpc) is 3.31. The minimum atomic E-state index is -0.525. The monoisotopic (exact) mass is 530 g/mol.